The van der Waals surface area contributed by atoms with Crippen molar-refractivity contribution in [2.75, 3.05) is 51.4 Å². The molecule has 2 amide bonds. The summed E-state index contributed by atoms with van der Waals surface area (Å²) in [6, 6.07) is 15.3. The number of amides is 2. The van der Waals surface area contributed by atoms with Gasteiger partial charge in [0.05, 0.1) is 5.56 Å². The first-order valence-electron chi connectivity index (χ1n) is 13.3. The minimum atomic E-state index is -0.154. The number of methoxy groups -OCH3 is 1. The van der Waals surface area contributed by atoms with E-state index in [1.54, 1.807) is 22.8 Å². The molecule has 0 unspecified atom stereocenters. The molecule has 0 radical (unpaired) electrons. The fraction of sp³-hybridized carbons (Fsp3) is 0.448. The van der Waals surface area contributed by atoms with Gasteiger partial charge in [-0.3, -0.25) is 14.5 Å². The summed E-state index contributed by atoms with van der Waals surface area (Å²) < 4.78 is 16.5. The first-order chi connectivity index (χ1) is 18.9. The lowest BCUT2D eigenvalue weighted by Gasteiger charge is -2.30. The average molecular weight is 536 g/mol. The number of hydrogen-bond donors (Lipinski definition) is 0. The van der Waals surface area contributed by atoms with Crippen molar-refractivity contribution >= 4 is 17.5 Å². The summed E-state index contributed by atoms with van der Waals surface area (Å²) in [6.07, 6.45) is 0.810. The maximum atomic E-state index is 13.6. The van der Waals surface area contributed by atoms with Crippen LogP contribution >= 0.6 is 0 Å². The van der Waals surface area contributed by atoms with Gasteiger partial charge in [-0.1, -0.05) is 35.5 Å². The number of aromatic nitrogens is 2. The van der Waals surface area contributed by atoms with E-state index in [1.165, 1.54) is 7.11 Å². The fourth-order valence-electron chi connectivity index (χ4n) is 4.70. The largest absolute Gasteiger partial charge is 0.483 e. The zero-order chi connectivity index (χ0) is 27.8. The van der Waals surface area contributed by atoms with Crippen LogP contribution < -0.4 is 9.64 Å². The van der Waals surface area contributed by atoms with Gasteiger partial charge in [0.15, 0.2) is 12.4 Å². The molecular formula is C29H37N5O5. The molecule has 2 heterocycles. The second kappa shape index (κ2) is 13.3. The highest BCUT2D eigenvalue weighted by Gasteiger charge is 2.25. The number of aryl methyl sites for hydroxylation is 1. The molecule has 10 nitrogen and oxygen atoms in total. The van der Waals surface area contributed by atoms with E-state index in [1.807, 2.05) is 42.5 Å². The zero-order valence-corrected chi connectivity index (χ0v) is 23.1. The van der Waals surface area contributed by atoms with Gasteiger partial charge in [0, 0.05) is 51.6 Å². The van der Waals surface area contributed by atoms with Crippen molar-refractivity contribution in [1.29, 1.82) is 0 Å². The van der Waals surface area contributed by atoms with Crippen LogP contribution in [-0.2, 0) is 20.9 Å². The number of fused-ring (bicyclic) bond motifs is 1. The molecule has 10 heteroatoms. The van der Waals surface area contributed by atoms with Crippen molar-refractivity contribution in [1.82, 2.24) is 19.9 Å². The highest BCUT2D eigenvalue weighted by molar-refractivity contribution is 5.95. The molecule has 208 valence electrons. The van der Waals surface area contributed by atoms with Gasteiger partial charge in [-0.15, -0.1) is 0 Å². The smallest absolute Gasteiger partial charge is 0.261 e. The highest BCUT2D eigenvalue weighted by atomic mass is 16.5. The Hall–Kier alpha value is -3.76. The van der Waals surface area contributed by atoms with Crippen LogP contribution in [0, 0.1) is 6.92 Å². The predicted octanol–water partition coefficient (Wildman–Crippen LogP) is 3.55. The van der Waals surface area contributed by atoms with Crippen LogP contribution in [0.1, 0.15) is 31.7 Å². The molecule has 0 spiro atoms. The number of anilines is 1. The fourth-order valence-corrected chi connectivity index (χ4v) is 4.70. The van der Waals surface area contributed by atoms with E-state index in [2.05, 4.69) is 28.9 Å². The third-order valence-electron chi connectivity index (χ3n) is 6.78. The molecule has 0 atom stereocenters. The van der Waals surface area contributed by atoms with Gasteiger partial charge in [0.25, 0.3) is 17.7 Å². The number of rotatable bonds is 7. The lowest BCUT2D eigenvalue weighted by atomic mass is 10.1. The maximum absolute atomic E-state index is 13.6. The van der Waals surface area contributed by atoms with Gasteiger partial charge < -0.3 is 23.8 Å². The summed E-state index contributed by atoms with van der Waals surface area (Å²) in [7, 11) is 1.52. The van der Waals surface area contributed by atoms with Gasteiger partial charge in [0.2, 0.25) is 0 Å². The predicted molar refractivity (Wildman–Crippen MR) is 147 cm³/mol. The SMILES string of the molecule is COCC(=O)N1CCCN(C(C)C)CCN(C(=O)COc2ccccc2-c2nc(C)no2)Cc2ccccc21. The second-order valence-electron chi connectivity index (χ2n) is 9.84. The molecule has 2 aromatic carbocycles. The van der Waals surface area contributed by atoms with Crippen LogP contribution in [0.5, 0.6) is 5.75 Å². The van der Waals surface area contributed by atoms with E-state index < -0.39 is 0 Å². The summed E-state index contributed by atoms with van der Waals surface area (Å²) in [5.41, 5.74) is 2.33. The topological polar surface area (TPSA) is 101 Å². The van der Waals surface area contributed by atoms with E-state index in [9.17, 15) is 9.59 Å². The van der Waals surface area contributed by atoms with Crippen molar-refractivity contribution in [2.24, 2.45) is 0 Å². The Bertz CT molecular complexity index is 1260. The molecule has 1 aromatic heterocycles. The Morgan fingerprint density at radius 2 is 1.74 bits per heavy atom. The Kier molecular flexibility index (Phi) is 9.67. The van der Waals surface area contributed by atoms with Crippen LogP contribution in [0.3, 0.4) is 0 Å². The summed E-state index contributed by atoms with van der Waals surface area (Å²) in [5, 5.41) is 3.86. The van der Waals surface area contributed by atoms with Crippen LogP contribution in [0.4, 0.5) is 5.69 Å². The zero-order valence-electron chi connectivity index (χ0n) is 23.1. The van der Waals surface area contributed by atoms with Crippen molar-refractivity contribution in [2.45, 2.75) is 39.8 Å². The molecule has 0 saturated heterocycles. The van der Waals surface area contributed by atoms with E-state index >= 15 is 0 Å². The number of carbonyl (C=O) groups excluding carboxylic acids is 2. The highest BCUT2D eigenvalue weighted by Crippen LogP contribution is 2.29. The molecule has 0 saturated carbocycles. The Labute approximate surface area is 229 Å². The summed E-state index contributed by atoms with van der Waals surface area (Å²) in [6.45, 7) is 8.88. The first kappa shape index (κ1) is 28.3. The maximum Gasteiger partial charge on any atom is 0.261 e. The molecule has 3 aromatic rings. The van der Waals surface area contributed by atoms with Crippen LogP contribution in [-0.4, -0.2) is 84.3 Å². The molecule has 1 aliphatic rings. The second-order valence-corrected chi connectivity index (χ2v) is 9.84. The van der Waals surface area contributed by atoms with Crippen molar-refractivity contribution in [3.8, 4) is 17.2 Å². The number of hydrogen-bond acceptors (Lipinski definition) is 8. The lowest BCUT2D eigenvalue weighted by Crippen LogP contribution is -2.42. The van der Waals surface area contributed by atoms with Crippen LogP contribution in [0.15, 0.2) is 53.1 Å². The van der Waals surface area contributed by atoms with Crippen molar-refractivity contribution in [3.05, 3.63) is 59.9 Å². The number of carbonyl (C=O) groups is 2. The summed E-state index contributed by atoms with van der Waals surface area (Å²) >= 11 is 0. The van der Waals surface area contributed by atoms with Crippen LogP contribution in [0.25, 0.3) is 11.5 Å². The Morgan fingerprint density at radius 3 is 2.49 bits per heavy atom. The van der Waals surface area contributed by atoms with Crippen molar-refractivity contribution in [3.63, 3.8) is 0 Å². The number of para-hydroxylation sites is 2. The van der Waals surface area contributed by atoms with E-state index in [0.29, 0.717) is 48.7 Å². The van der Waals surface area contributed by atoms with E-state index in [-0.39, 0.29) is 25.0 Å². The van der Waals surface area contributed by atoms with Crippen molar-refractivity contribution < 1.29 is 23.6 Å². The number of benzene rings is 2. The Morgan fingerprint density at radius 1 is 0.974 bits per heavy atom. The summed E-state index contributed by atoms with van der Waals surface area (Å²) in [5.74, 6) is 1.10. The van der Waals surface area contributed by atoms with E-state index in [0.717, 1.165) is 30.8 Å². The average Bonchev–Trinajstić information content (AvgIpc) is 3.35. The third kappa shape index (κ3) is 7.21. The normalized spacial score (nSPS) is 15.1. The molecule has 0 aliphatic carbocycles. The molecule has 39 heavy (non-hydrogen) atoms. The summed E-state index contributed by atoms with van der Waals surface area (Å²) in [4.78, 5) is 36.8. The van der Waals surface area contributed by atoms with Gasteiger partial charge in [0.1, 0.15) is 12.4 Å². The molecule has 0 N–H and O–H groups in total. The van der Waals surface area contributed by atoms with Gasteiger partial charge in [-0.2, -0.15) is 4.98 Å². The molecule has 0 fully saturated rings. The number of nitrogens with zero attached hydrogens (tertiary/aromatic N) is 5. The monoisotopic (exact) mass is 535 g/mol. The lowest BCUT2D eigenvalue weighted by molar-refractivity contribution is -0.134. The third-order valence-corrected chi connectivity index (χ3v) is 6.78. The van der Waals surface area contributed by atoms with Gasteiger partial charge in [-0.25, -0.2) is 0 Å². The van der Waals surface area contributed by atoms with Gasteiger partial charge >= 0.3 is 0 Å². The quantitative estimate of drug-likeness (QED) is 0.453. The first-order valence-corrected chi connectivity index (χ1v) is 13.3. The number of ether oxygens (including phenoxy) is 2. The van der Waals surface area contributed by atoms with Gasteiger partial charge in [-0.05, 0) is 51.0 Å². The van der Waals surface area contributed by atoms with E-state index in [4.69, 9.17) is 14.0 Å². The minimum Gasteiger partial charge on any atom is -0.483 e. The molecule has 4 rings (SSSR count). The molecule has 0 bridgehead atoms. The minimum absolute atomic E-state index is 0.00229. The van der Waals surface area contributed by atoms with Crippen LogP contribution in [0.2, 0.25) is 0 Å². The Balaban J connectivity index is 1.58. The standard InChI is InChI=1S/C29H37N5O5/c1-21(2)32-14-9-15-34(28(36)19-37-4)25-12-7-5-10-23(25)18-33(17-16-32)27(35)20-38-26-13-8-6-11-24(26)29-30-22(3)31-39-29/h5-8,10-13,21H,9,14-20H2,1-4H3. The molecule has 1 aliphatic heterocycles. The molecular weight excluding hydrogens is 498 g/mol.